The molecule has 0 heterocycles. The number of ether oxygens (including phenoxy) is 1. The van der Waals surface area contributed by atoms with Gasteiger partial charge in [0, 0.05) is 22.6 Å². The van der Waals surface area contributed by atoms with Gasteiger partial charge >= 0.3 is 0 Å². The third kappa shape index (κ3) is 7.77. The third-order valence-electron chi connectivity index (χ3n) is 6.72. The first-order chi connectivity index (χ1) is 18.0. The van der Waals surface area contributed by atoms with E-state index in [1.54, 1.807) is 30.3 Å². The topological polar surface area (TPSA) is 96.0 Å². The van der Waals surface area contributed by atoms with Crippen molar-refractivity contribution in [1.29, 1.82) is 0 Å². The number of amides is 2. The number of rotatable bonds is 11. The fourth-order valence-electron chi connectivity index (χ4n) is 4.73. The Bertz CT molecular complexity index is 1230. The molecule has 1 atom stereocenters. The lowest BCUT2D eigenvalue weighted by molar-refractivity contribution is -0.140. The van der Waals surface area contributed by atoms with Crippen LogP contribution in [0.5, 0.6) is 5.75 Å². The molecule has 0 bridgehead atoms. The average Bonchev–Trinajstić information content (AvgIpc) is 2.88. The first-order valence-corrected chi connectivity index (χ1v) is 15.3. The van der Waals surface area contributed by atoms with E-state index in [9.17, 15) is 18.0 Å². The third-order valence-corrected chi connectivity index (χ3v) is 8.46. The largest absolute Gasteiger partial charge is 0.495 e. The Morgan fingerprint density at radius 3 is 2.39 bits per heavy atom. The molecule has 0 unspecified atom stereocenters. The fourth-order valence-corrected chi connectivity index (χ4v) is 5.93. The number of hydrogen-bond acceptors (Lipinski definition) is 5. The van der Waals surface area contributed by atoms with Gasteiger partial charge in [-0.2, -0.15) is 0 Å². The maximum absolute atomic E-state index is 13.9. The summed E-state index contributed by atoms with van der Waals surface area (Å²) in [6.07, 6.45) is 6.40. The van der Waals surface area contributed by atoms with Gasteiger partial charge in [0.1, 0.15) is 18.3 Å². The predicted octanol–water partition coefficient (Wildman–Crippen LogP) is 5.02. The van der Waals surface area contributed by atoms with Crippen LogP contribution in [0.25, 0.3) is 0 Å². The van der Waals surface area contributed by atoms with Gasteiger partial charge in [-0.15, -0.1) is 0 Å². The van der Waals surface area contributed by atoms with Crippen LogP contribution < -0.4 is 14.4 Å². The monoisotopic (exact) mass is 583 g/mol. The molecule has 8 nitrogen and oxygen atoms in total. The Morgan fingerprint density at radius 2 is 1.79 bits per heavy atom. The van der Waals surface area contributed by atoms with E-state index in [0.717, 1.165) is 42.7 Å². The molecular weight excluding hydrogens is 549 g/mol. The van der Waals surface area contributed by atoms with E-state index in [1.165, 1.54) is 24.1 Å². The van der Waals surface area contributed by atoms with Crippen molar-refractivity contribution in [2.45, 2.75) is 64.1 Å². The van der Waals surface area contributed by atoms with E-state index in [1.807, 2.05) is 6.92 Å². The van der Waals surface area contributed by atoms with Crippen molar-refractivity contribution < 1.29 is 22.7 Å². The average molecular weight is 585 g/mol. The Kier molecular flexibility index (Phi) is 10.7. The van der Waals surface area contributed by atoms with Crippen molar-refractivity contribution in [1.82, 2.24) is 10.2 Å². The van der Waals surface area contributed by atoms with Gasteiger partial charge in [-0.1, -0.05) is 67.6 Å². The van der Waals surface area contributed by atoms with E-state index in [0.29, 0.717) is 17.0 Å². The van der Waals surface area contributed by atoms with E-state index in [2.05, 4.69) is 5.32 Å². The predicted molar refractivity (Wildman–Crippen MR) is 151 cm³/mol. The molecule has 2 aromatic carbocycles. The number of carbonyl (C=O) groups excluding carboxylic acids is 2. The maximum Gasteiger partial charge on any atom is 0.244 e. The summed E-state index contributed by atoms with van der Waals surface area (Å²) in [7, 11) is -2.53. The second-order valence-electron chi connectivity index (χ2n) is 9.47. The Morgan fingerprint density at radius 1 is 1.11 bits per heavy atom. The minimum atomic E-state index is -3.93. The number of hydrogen-bond donors (Lipinski definition) is 1. The first kappa shape index (κ1) is 30.1. The molecule has 3 rings (SSSR count). The van der Waals surface area contributed by atoms with E-state index in [-0.39, 0.29) is 35.0 Å². The highest BCUT2D eigenvalue weighted by Gasteiger charge is 2.33. The number of carbonyl (C=O) groups is 2. The lowest BCUT2D eigenvalue weighted by Crippen LogP contribution is -2.54. The zero-order chi connectivity index (χ0) is 27.9. The number of anilines is 1. The summed E-state index contributed by atoms with van der Waals surface area (Å²) in [5.74, 6) is -0.568. The molecule has 2 amide bonds. The highest BCUT2D eigenvalue weighted by atomic mass is 35.5. The summed E-state index contributed by atoms with van der Waals surface area (Å²) in [5.41, 5.74) is 0.783. The molecular formula is C27H35Cl2N3O5S. The lowest BCUT2D eigenvalue weighted by Gasteiger charge is -2.34. The van der Waals surface area contributed by atoms with Gasteiger partial charge < -0.3 is 15.0 Å². The molecule has 38 heavy (non-hydrogen) atoms. The number of methoxy groups -OCH3 is 1. The second-order valence-corrected chi connectivity index (χ2v) is 12.2. The highest BCUT2D eigenvalue weighted by molar-refractivity contribution is 7.92. The van der Waals surface area contributed by atoms with Crippen molar-refractivity contribution in [3.8, 4) is 5.75 Å². The number of halogens is 2. The van der Waals surface area contributed by atoms with Crippen LogP contribution in [0.3, 0.4) is 0 Å². The zero-order valence-corrected chi connectivity index (χ0v) is 24.3. The molecule has 1 saturated carbocycles. The summed E-state index contributed by atoms with van der Waals surface area (Å²) in [4.78, 5) is 28.8. The molecule has 0 spiro atoms. The summed E-state index contributed by atoms with van der Waals surface area (Å²) < 4.78 is 32.0. The van der Waals surface area contributed by atoms with Crippen molar-refractivity contribution in [3.05, 3.63) is 58.1 Å². The second kappa shape index (κ2) is 13.5. The zero-order valence-electron chi connectivity index (χ0n) is 22.0. The number of nitrogens with zero attached hydrogens (tertiary/aromatic N) is 2. The van der Waals surface area contributed by atoms with E-state index in [4.69, 9.17) is 27.9 Å². The molecule has 1 fully saturated rings. The van der Waals surface area contributed by atoms with Crippen LogP contribution in [-0.2, 0) is 26.2 Å². The van der Waals surface area contributed by atoms with Crippen LogP contribution in [0, 0.1) is 0 Å². The minimum absolute atomic E-state index is 0.0411. The summed E-state index contributed by atoms with van der Waals surface area (Å²) in [5, 5.41) is 3.85. The van der Waals surface area contributed by atoms with E-state index < -0.39 is 28.5 Å². The molecule has 208 valence electrons. The van der Waals surface area contributed by atoms with Crippen LogP contribution in [0.2, 0.25) is 10.0 Å². The minimum Gasteiger partial charge on any atom is -0.495 e. The summed E-state index contributed by atoms with van der Waals surface area (Å²) in [6, 6.07) is 10.8. The Balaban J connectivity index is 1.97. The molecule has 2 aromatic rings. The number of benzene rings is 2. The van der Waals surface area contributed by atoms with Gasteiger partial charge in [0.05, 0.1) is 19.1 Å². The smallest absolute Gasteiger partial charge is 0.244 e. The first-order valence-electron chi connectivity index (χ1n) is 12.7. The lowest BCUT2D eigenvalue weighted by atomic mass is 9.95. The van der Waals surface area contributed by atoms with Gasteiger partial charge in [0.15, 0.2) is 0 Å². The van der Waals surface area contributed by atoms with Crippen molar-refractivity contribution in [3.63, 3.8) is 0 Å². The quantitative estimate of drug-likeness (QED) is 0.400. The number of nitrogens with one attached hydrogen (secondary N) is 1. The van der Waals surface area contributed by atoms with Gasteiger partial charge in [-0.3, -0.25) is 13.9 Å². The van der Waals surface area contributed by atoms with Crippen LogP contribution in [0.15, 0.2) is 42.5 Å². The van der Waals surface area contributed by atoms with Gasteiger partial charge in [-0.05, 0) is 49.1 Å². The summed E-state index contributed by atoms with van der Waals surface area (Å²) >= 11 is 12.6. The summed E-state index contributed by atoms with van der Waals surface area (Å²) in [6.45, 7) is 1.32. The Hall–Kier alpha value is -2.49. The van der Waals surface area contributed by atoms with Gasteiger partial charge in [0.25, 0.3) is 0 Å². The molecule has 0 radical (unpaired) electrons. The van der Waals surface area contributed by atoms with Gasteiger partial charge in [0.2, 0.25) is 21.8 Å². The molecule has 1 N–H and O–H groups in total. The highest BCUT2D eigenvalue weighted by Crippen LogP contribution is 2.33. The normalized spacial score (nSPS) is 15.0. The number of sulfonamides is 1. The van der Waals surface area contributed by atoms with Crippen LogP contribution in [-0.4, -0.2) is 57.1 Å². The van der Waals surface area contributed by atoms with E-state index >= 15 is 0 Å². The molecule has 0 saturated heterocycles. The van der Waals surface area contributed by atoms with Crippen molar-refractivity contribution in [2.24, 2.45) is 0 Å². The molecule has 1 aliphatic carbocycles. The molecule has 0 aromatic heterocycles. The van der Waals surface area contributed by atoms with Crippen molar-refractivity contribution in [2.75, 3.05) is 24.2 Å². The molecule has 0 aliphatic heterocycles. The maximum atomic E-state index is 13.9. The SMILES string of the molecule is CC[C@H](C(=O)NC1CCCCC1)N(Cc1ccccc1Cl)C(=O)CN(c1cc(Cl)ccc1OC)S(C)(=O)=O. The van der Waals surface area contributed by atoms with Crippen LogP contribution >= 0.6 is 23.2 Å². The molecule has 11 heteroatoms. The van der Waals surface area contributed by atoms with Crippen LogP contribution in [0.1, 0.15) is 51.0 Å². The van der Waals surface area contributed by atoms with Crippen LogP contribution in [0.4, 0.5) is 5.69 Å². The van der Waals surface area contributed by atoms with Gasteiger partial charge in [-0.25, -0.2) is 8.42 Å². The Labute approximate surface area is 235 Å². The fraction of sp³-hybridized carbons (Fsp3) is 0.481. The molecule has 1 aliphatic rings. The standard InChI is InChI=1S/C27H35Cl2N3O5S/c1-4-23(27(34)30-21-11-6-5-7-12-21)31(17-19-10-8-9-13-22(19)29)26(33)18-32(38(3,35)36)24-16-20(28)14-15-25(24)37-2/h8-10,13-16,21,23H,4-7,11-12,17-18H2,1-3H3,(H,30,34)/t23-/m1/s1. The van der Waals surface area contributed by atoms with Crippen molar-refractivity contribution >= 4 is 50.7 Å².